The maximum absolute atomic E-state index is 12.4. The number of likely N-dealkylation sites (N-methyl/N-ethyl adjacent to an activating group) is 1. The van der Waals surface area contributed by atoms with E-state index in [1.165, 1.54) is 12.1 Å². The molecular weight excluding hydrogens is 255 g/mol. The summed E-state index contributed by atoms with van der Waals surface area (Å²) in [5.74, 6) is 0. The van der Waals surface area contributed by atoms with Gasteiger partial charge in [0.05, 0.1) is 12.2 Å². The summed E-state index contributed by atoms with van der Waals surface area (Å²) in [6, 6.07) is 5.43. The lowest BCUT2D eigenvalue weighted by atomic mass is 10.0. The molecule has 1 aromatic rings. The van der Waals surface area contributed by atoms with Gasteiger partial charge in [-0.25, -0.2) is 0 Å². The first-order valence-corrected chi connectivity index (χ1v) is 6.44. The number of alkyl halides is 3. The lowest BCUT2D eigenvalue weighted by molar-refractivity contribution is -0.137. The molecule has 1 aromatic carbocycles. The number of hydrogen-bond donors (Lipinski definition) is 1. The minimum absolute atomic E-state index is 0.127. The van der Waals surface area contributed by atoms with Gasteiger partial charge in [0, 0.05) is 12.6 Å². The van der Waals surface area contributed by atoms with Crippen molar-refractivity contribution in [2.24, 2.45) is 0 Å². The third-order valence-corrected chi connectivity index (χ3v) is 2.78. The van der Waals surface area contributed by atoms with Crippen molar-refractivity contribution in [2.45, 2.75) is 32.5 Å². The predicted molar refractivity (Wildman–Crippen MR) is 69.1 cm³/mol. The lowest BCUT2D eigenvalue weighted by Crippen LogP contribution is -2.35. The zero-order valence-electron chi connectivity index (χ0n) is 11.3. The normalized spacial score (nSPS) is 13.5. The van der Waals surface area contributed by atoms with Crippen molar-refractivity contribution in [1.29, 1.82) is 0 Å². The van der Waals surface area contributed by atoms with E-state index in [1.807, 2.05) is 13.8 Å². The van der Waals surface area contributed by atoms with Crippen LogP contribution >= 0.6 is 0 Å². The highest BCUT2D eigenvalue weighted by molar-refractivity contribution is 5.25. The molecule has 108 valence electrons. The van der Waals surface area contributed by atoms with Crippen LogP contribution in [-0.2, 0) is 17.3 Å². The number of nitrogens with one attached hydrogen (secondary N) is 1. The SMILES string of the molecule is CCNC(COCC)Cc1ccc(C(F)(F)F)cc1. The second kappa shape index (κ2) is 7.50. The monoisotopic (exact) mass is 275 g/mol. The van der Waals surface area contributed by atoms with Crippen molar-refractivity contribution < 1.29 is 17.9 Å². The largest absolute Gasteiger partial charge is 0.416 e. The van der Waals surface area contributed by atoms with Crippen LogP contribution in [0.3, 0.4) is 0 Å². The van der Waals surface area contributed by atoms with Crippen LogP contribution in [0, 0.1) is 0 Å². The lowest BCUT2D eigenvalue weighted by Gasteiger charge is -2.18. The first kappa shape index (κ1) is 16.0. The molecular formula is C14H20F3NO. The van der Waals surface area contributed by atoms with E-state index >= 15 is 0 Å². The van der Waals surface area contributed by atoms with Gasteiger partial charge in [-0.2, -0.15) is 13.2 Å². The Kier molecular flexibility index (Phi) is 6.31. The van der Waals surface area contributed by atoms with E-state index in [9.17, 15) is 13.2 Å². The van der Waals surface area contributed by atoms with Gasteiger partial charge in [-0.3, -0.25) is 0 Å². The van der Waals surface area contributed by atoms with Gasteiger partial charge in [-0.1, -0.05) is 19.1 Å². The molecule has 0 radical (unpaired) electrons. The Balaban J connectivity index is 2.64. The van der Waals surface area contributed by atoms with Crippen molar-refractivity contribution in [1.82, 2.24) is 5.32 Å². The van der Waals surface area contributed by atoms with Crippen LogP contribution in [0.25, 0.3) is 0 Å². The summed E-state index contributed by atoms with van der Waals surface area (Å²) in [6.07, 6.45) is -3.61. The van der Waals surface area contributed by atoms with E-state index in [4.69, 9.17) is 4.74 Å². The first-order valence-electron chi connectivity index (χ1n) is 6.44. The van der Waals surface area contributed by atoms with E-state index in [-0.39, 0.29) is 6.04 Å². The Hall–Kier alpha value is -1.07. The molecule has 0 saturated carbocycles. The summed E-state index contributed by atoms with van der Waals surface area (Å²) in [5, 5.41) is 3.26. The zero-order valence-corrected chi connectivity index (χ0v) is 11.3. The second-order valence-electron chi connectivity index (χ2n) is 4.31. The molecule has 0 bridgehead atoms. The molecule has 0 amide bonds. The Bertz CT molecular complexity index is 362. The molecule has 0 fully saturated rings. The quantitative estimate of drug-likeness (QED) is 0.824. The maximum atomic E-state index is 12.4. The van der Waals surface area contributed by atoms with E-state index in [0.29, 0.717) is 19.6 Å². The molecule has 0 aliphatic carbocycles. The highest BCUT2D eigenvalue weighted by Crippen LogP contribution is 2.29. The molecule has 0 heterocycles. The van der Waals surface area contributed by atoms with Gasteiger partial charge in [-0.05, 0) is 37.6 Å². The molecule has 0 saturated heterocycles. The fourth-order valence-corrected chi connectivity index (χ4v) is 1.85. The molecule has 0 aliphatic heterocycles. The molecule has 0 aliphatic rings. The van der Waals surface area contributed by atoms with Gasteiger partial charge < -0.3 is 10.1 Å². The fraction of sp³-hybridized carbons (Fsp3) is 0.571. The van der Waals surface area contributed by atoms with Crippen molar-refractivity contribution in [3.05, 3.63) is 35.4 Å². The van der Waals surface area contributed by atoms with Crippen LogP contribution in [0.5, 0.6) is 0 Å². The number of ether oxygens (including phenoxy) is 1. The summed E-state index contributed by atoms with van der Waals surface area (Å²) in [5.41, 5.74) is 0.264. The molecule has 19 heavy (non-hydrogen) atoms. The average Bonchev–Trinajstić information content (AvgIpc) is 2.36. The third kappa shape index (κ3) is 5.61. The summed E-state index contributed by atoms with van der Waals surface area (Å²) >= 11 is 0. The van der Waals surface area contributed by atoms with Crippen molar-refractivity contribution in [3.63, 3.8) is 0 Å². The van der Waals surface area contributed by atoms with Crippen molar-refractivity contribution >= 4 is 0 Å². The van der Waals surface area contributed by atoms with E-state index in [0.717, 1.165) is 24.2 Å². The van der Waals surface area contributed by atoms with Gasteiger partial charge in [0.15, 0.2) is 0 Å². The summed E-state index contributed by atoms with van der Waals surface area (Å²) in [7, 11) is 0. The minimum atomic E-state index is -4.27. The van der Waals surface area contributed by atoms with Crippen LogP contribution < -0.4 is 5.32 Å². The number of rotatable bonds is 7. The van der Waals surface area contributed by atoms with Crippen LogP contribution in [0.15, 0.2) is 24.3 Å². The van der Waals surface area contributed by atoms with E-state index in [1.54, 1.807) is 0 Å². The fourth-order valence-electron chi connectivity index (χ4n) is 1.85. The van der Waals surface area contributed by atoms with E-state index in [2.05, 4.69) is 5.32 Å². The highest BCUT2D eigenvalue weighted by atomic mass is 19.4. The molecule has 0 aromatic heterocycles. The molecule has 0 spiro atoms. The van der Waals surface area contributed by atoms with Crippen LogP contribution in [0.2, 0.25) is 0 Å². The average molecular weight is 275 g/mol. The Labute approximate surface area is 112 Å². The highest BCUT2D eigenvalue weighted by Gasteiger charge is 2.29. The smallest absolute Gasteiger partial charge is 0.380 e. The maximum Gasteiger partial charge on any atom is 0.416 e. The molecule has 1 unspecified atom stereocenters. The first-order chi connectivity index (χ1) is 8.97. The van der Waals surface area contributed by atoms with Gasteiger partial charge in [0.2, 0.25) is 0 Å². The zero-order chi connectivity index (χ0) is 14.3. The van der Waals surface area contributed by atoms with Crippen molar-refractivity contribution in [3.8, 4) is 0 Å². The van der Waals surface area contributed by atoms with Gasteiger partial charge >= 0.3 is 6.18 Å². The van der Waals surface area contributed by atoms with Crippen LogP contribution in [0.1, 0.15) is 25.0 Å². The summed E-state index contributed by atoms with van der Waals surface area (Å²) in [6.45, 7) is 5.91. The topological polar surface area (TPSA) is 21.3 Å². The summed E-state index contributed by atoms with van der Waals surface area (Å²) in [4.78, 5) is 0. The van der Waals surface area contributed by atoms with Crippen molar-refractivity contribution in [2.75, 3.05) is 19.8 Å². The Morgan fingerprint density at radius 1 is 1.16 bits per heavy atom. The molecule has 5 heteroatoms. The third-order valence-electron chi connectivity index (χ3n) is 2.78. The summed E-state index contributed by atoms with van der Waals surface area (Å²) < 4.78 is 42.7. The molecule has 1 atom stereocenters. The van der Waals surface area contributed by atoms with E-state index < -0.39 is 11.7 Å². The van der Waals surface area contributed by atoms with Gasteiger partial charge in [-0.15, -0.1) is 0 Å². The van der Waals surface area contributed by atoms with Gasteiger partial charge in [0.1, 0.15) is 0 Å². The molecule has 1 N–H and O–H groups in total. The van der Waals surface area contributed by atoms with Crippen LogP contribution in [-0.4, -0.2) is 25.8 Å². The Morgan fingerprint density at radius 2 is 1.79 bits per heavy atom. The Morgan fingerprint density at radius 3 is 2.26 bits per heavy atom. The predicted octanol–water partition coefficient (Wildman–Crippen LogP) is 3.26. The van der Waals surface area contributed by atoms with Crippen LogP contribution in [0.4, 0.5) is 13.2 Å². The molecule has 2 nitrogen and oxygen atoms in total. The van der Waals surface area contributed by atoms with Gasteiger partial charge in [0.25, 0.3) is 0 Å². The number of hydrogen-bond acceptors (Lipinski definition) is 2. The second-order valence-corrected chi connectivity index (χ2v) is 4.31. The standard InChI is InChI=1S/C14H20F3NO/c1-3-18-13(10-19-4-2)9-11-5-7-12(8-6-11)14(15,16)17/h5-8,13,18H,3-4,9-10H2,1-2H3. The number of halogens is 3. The molecule has 1 rings (SSSR count). The number of benzene rings is 1. The minimum Gasteiger partial charge on any atom is -0.380 e.